The molecule has 0 unspecified atom stereocenters. The zero-order valence-electron chi connectivity index (χ0n) is 17.7. The molecule has 6 nitrogen and oxygen atoms in total. The monoisotopic (exact) mass is 471 g/mol. The summed E-state index contributed by atoms with van der Waals surface area (Å²) in [7, 11) is 0. The lowest BCUT2D eigenvalue weighted by Gasteiger charge is -2.11. The maximum Gasteiger partial charge on any atom is 0.349 e. The number of amides is 1. The van der Waals surface area contributed by atoms with E-state index in [2.05, 4.69) is 39.7 Å². The molecule has 0 spiro atoms. The van der Waals surface area contributed by atoms with E-state index in [1.165, 1.54) is 6.08 Å². The molecule has 2 aromatic rings. The highest BCUT2D eigenvalue weighted by atomic mass is 79.9. The average molecular weight is 472 g/mol. The Labute approximate surface area is 185 Å². The molecule has 0 saturated carbocycles. The van der Waals surface area contributed by atoms with E-state index in [9.17, 15) is 14.9 Å². The first-order chi connectivity index (χ1) is 14.2. The van der Waals surface area contributed by atoms with E-state index in [4.69, 9.17) is 4.74 Å². The molecule has 7 heteroatoms. The lowest BCUT2D eigenvalue weighted by atomic mass is 10.1. The summed E-state index contributed by atoms with van der Waals surface area (Å²) in [5.41, 5.74) is 3.27. The van der Waals surface area contributed by atoms with E-state index in [0.717, 1.165) is 34.4 Å². The van der Waals surface area contributed by atoms with Crippen LogP contribution in [0.2, 0.25) is 0 Å². The first-order valence-electron chi connectivity index (χ1n) is 9.73. The van der Waals surface area contributed by atoms with Crippen LogP contribution in [-0.2, 0) is 20.9 Å². The zero-order valence-corrected chi connectivity index (χ0v) is 19.2. The number of para-hydroxylation sites is 1. The van der Waals surface area contributed by atoms with Crippen molar-refractivity contribution in [2.45, 2.75) is 40.7 Å². The summed E-state index contributed by atoms with van der Waals surface area (Å²) in [6.07, 6.45) is 2.56. The number of carbonyl (C=O) groups excluding carboxylic acids is 2. The van der Waals surface area contributed by atoms with Gasteiger partial charge in [0.25, 0.3) is 5.91 Å². The molecular weight excluding hydrogens is 446 g/mol. The topological polar surface area (TPSA) is 84.1 Å². The number of ether oxygens (including phenoxy) is 1. The van der Waals surface area contributed by atoms with E-state index in [1.54, 1.807) is 18.2 Å². The molecule has 0 aliphatic heterocycles. The quantitative estimate of drug-likeness (QED) is 0.333. The standard InChI is InChI=1S/C23H26BrN3O3/c1-15(2)9-10-27-16(3)11-18(17(27)4)12-19(13-25)23(29)30-14-22(28)26-21-8-6-5-7-20(21)24/h5-8,11-12,15H,9-10,14H2,1-4H3,(H,26,28)/b19-12+. The van der Waals surface area contributed by atoms with Gasteiger partial charge in [0.1, 0.15) is 11.6 Å². The van der Waals surface area contributed by atoms with Gasteiger partial charge in [0, 0.05) is 22.4 Å². The third kappa shape index (κ3) is 6.33. The van der Waals surface area contributed by atoms with Crippen LogP contribution in [-0.4, -0.2) is 23.1 Å². The SMILES string of the molecule is Cc1cc(/C=C(\C#N)C(=O)OCC(=O)Nc2ccccc2Br)c(C)n1CCC(C)C. The summed E-state index contributed by atoms with van der Waals surface area (Å²) in [4.78, 5) is 24.4. The van der Waals surface area contributed by atoms with Gasteiger partial charge in [-0.3, -0.25) is 4.79 Å². The molecule has 0 aliphatic rings. The number of nitrogens with zero attached hydrogens (tertiary/aromatic N) is 2. The van der Waals surface area contributed by atoms with Crippen LogP contribution in [0.4, 0.5) is 5.69 Å². The maximum absolute atomic E-state index is 12.3. The van der Waals surface area contributed by atoms with E-state index in [0.29, 0.717) is 11.6 Å². The van der Waals surface area contributed by atoms with Crippen LogP contribution in [0, 0.1) is 31.1 Å². The summed E-state index contributed by atoms with van der Waals surface area (Å²) >= 11 is 3.33. The number of benzene rings is 1. The number of hydrogen-bond acceptors (Lipinski definition) is 4. The summed E-state index contributed by atoms with van der Waals surface area (Å²) in [5, 5.41) is 12.1. The zero-order chi connectivity index (χ0) is 22.3. The second kappa shape index (κ2) is 10.8. The van der Waals surface area contributed by atoms with Crippen LogP contribution in [0.15, 0.2) is 40.4 Å². The Kier molecular flexibility index (Phi) is 8.43. The van der Waals surface area contributed by atoms with Crippen molar-refractivity contribution >= 4 is 39.6 Å². The minimum Gasteiger partial charge on any atom is -0.451 e. The van der Waals surface area contributed by atoms with Crippen LogP contribution >= 0.6 is 15.9 Å². The minimum atomic E-state index is -0.827. The van der Waals surface area contributed by atoms with Gasteiger partial charge < -0.3 is 14.6 Å². The van der Waals surface area contributed by atoms with Gasteiger partial charge >= 0.3 is 5.97 Å². The molecular formula is C23H26BrN3O3. The molecule has 0 radical (unpaired) electrons. The first-order valence-corrected chi connectivity index (χ1v) is 10.5. The highest BCUT2D eigenvalue weighted by molar-refractivity contribution is 9.10. The van der Waals surface area contributed by atoms with Gasteiger partial charge in [-0.1, -0.05) is 26.0 Å². The number of hydrogen-bond donors (Lipinski definition) is 1. The predicted octanol–water partition coefficient (Wildman–Crippen LogP) is 5.00. The largest absolute Gasteiger partial charge is 0.451 e. The predicted molar refractivity (Wildman–Crippen MR) is 121 cm³/mol. The fraction of sp³-hybridized carbons (Fsp3) is 0.348. The van der Waals surface area contributed by atoms with Gasteiger partial charge in [-0.25, -0.2) is 4.79 Å². The molecule has 1 aromatic carbocycles. The Balaban J connectivity index is 2.05. The van der Waals surface area contributed by atoms with Crippen LogP contribution < -0.4 is 5.32 Å². The lowest BCUT2D eigenvalue weighted by molar-refractivity contribution is -0.142. The van der Waals surface area contributed by atoms with Gasteiger partial charge in [0.05, 0.1) is 5.69 Å². The average Bonchev–Trinajstić information content (AvgIpc) is 2.97. The normalized spacial score (nSPS) is 11.3. The number of halogens is 1. The van der Waals surface area contributed by atoms with E-state index < -0.39 is 18.5 Å². The summed E-state index contributed by atoms with van der Waals surface area (Å²) in [6.45, 7) is 8.71. The Hall–Kier alpha value is -2.85. The van der Waals surface area contributed by atoms with Gasteiger partial charge in [-0.15, -0.1) is 0 Å². The number of esters is 1. The first kappa shape index (κ1) is 23.4. The van der Waals surface area contributed by atoms with Gasteiger partial charge in [0.2, 0.25) is 0 Å². The van der Waals surface area contributed by atoms with Crippen LogP contribution in [0.5, 0.6) is 0 Å². The van der Waals surface area contributed by atoms with Crippen LogP contribution in [0.3, 0.4) is 0 Å². The molecule has 1 N–H and O–H groups in total. The fourth-order valence-electron chi connectivity index (χ4n) is 2.96. The number of anilines is 1. The molecule has 0 bridgehead atoms. The van der Waals surface area contributed by atoms with Crippen molar-refractivity contribution in [1.29, 1.82) is 5.26 Å². The number of aryl methyl sites for hydroxylation is 1. The molecule has 0 atom stereocenters. The highest BCUT2D eigenvalue weighted by Crippen LogP contribution is 2.22. The van der Waals surface area contributed by atoms with Crippen molar-refractivity contribution in [3.63, 3.8) is 0 Å². The number of carbonyl (C=O) groups is 2. The van der Waals surface area contributed by atoms with Gasteiger partial charge in [-0.05, 0) is 72.0 Å². The van der Waals surface area contributed by atoms with Crippen molar-refractivity contribution in [2.75, 3.05) is 11.9 Å². The lowest BCUT2D eigenvalue weighted by Crippen LogP contribution is -2.21. The van der Waals surface area contributed by atoms with E-state index >= 15 is 0 Å². The third-order valence-electron chi connectivity index (χ3n) is 4.67. The van der Waals surface area contributed by atoms with Crippen molar-refractivity contribution in [1.82, 2.24) is 4.57 Å². The molecule has 1 heterocycles. The summed E-state index contributed by atoms with van der Waals surface area (Å²) < 4.78 is 7.93. The Bertz CT molecular complexity index is 1000. The molecule has 0 aliphatic carbocycles. The number of nitrogens with one attached hydrogen (secondary N) is 1. The summed E-state index contributed by atoms with van der Waals surface area (Å²) in [6, 6.07) is 10.9. The molecule has 0 fully saturated rings. The maximum atomic E-state index is 12.3. The fourth-order valence-corrected chi connectivity index (χ4v) is 3.34. The number of rotatable bonds is 8. The Morgan fingerprint density at radius 3 is 2.63 bits per heavy atom. The highest BCUT2D eigenvalue weighted by Gasteiger charge is 2.16. The number of nitriles is 1. The van der Waals surface area contributed by atoms with Crippen LogP contribution in [0.1, 0.15) is 37.2 Å². The molecule has 1 aromatic heterocycles. The van der Waals surface area contributed by atoms with Gasteiger partial charge in [-0.2, -0.15) is 5.26 Å². The second-order valence-electron chi connectivity index (χ2n) is 7.43. The number of aromatic nitrogens is 1. The molecule has 158 valence electrons. The van der Waals surface area contributed by atoms with Crippen molar-refractivity contribution in [2.24, 2.45) is 5.92 Å². The Morgan fingerprint density at radius 1 is 1.30 bits per heavy atom. The molecule has 2 rings (SSSR count). The van der Waals surface area contributed by atoms with Crippen molar-refractivity contribution < 1.29 is 14.3 Å². The molecule has 1 amide bonds. The van der Waals surface area contributed by atoms with E-state index in [-0.39, 0.29) is 5.57 Å². The third-order valence-corrected chi connectivity index (χ3v) is 5.36. The van der Waals surface area contributed by atoms with Crippen molar-refractivity contribution in [3.8, 4) is 6.07 Å². The molecule has 30 heavy (non-hydrogen) atoms. The minimum absolute atomic E-state index is 0.146. The van der Waals surface area contributed by atoms with E-state index in [1.807, 2.05) is 32.0 Å². The van der Waals surface area contributed by atoms with Crippen LogP contribution in [0.25, 0.3) is 6.08 Å². The smallest absolute Gasteiger partial charge is 0.349 e. The van der Waals surface area contributed by atoms with Crippen molar-refractivity contribution in [3.05, 3.63) is 57.3 Å². The molecule has 0 saturated heterocycles. The second-order valence-corrected chi connectivity index (χ2v) is 8.29. The summed E-state index contributed by atoms with van der Waals surface area (Å²) in [5.74, 6) is -0.733. The van der Waals surface area contributed by atoms with Gasteiger partial charge in [0.15, 0.2) is 6.61 Å². The Morgan fingerprint density at radius 2 is 2.00 bits per heavy atom.